The number of hydrogen-bond donors (Lipinski definition) is 1. The summed E-state index contributed by atoms with van der Waals surface area (Å²) >= 11 is 0. The summed E-state index contributed by atoms with van der Waals surface area (Å²) in [5, 5.41) is 9.97. The number of β-amino-alcohol motifs (C(OH)–C–C–N with tert-alkyl or cyclic N) is 1. The third-order valence-corrected chi connectivity index (χ3v) is 2.62. The Balaban J connectivity index is 2.84. The lowest BCUT2D eigenvalue weighted by atomic mass is 10.0. The maximum atomic E-state index is 12.0. The van der Waals surface area contributed by atoms with Crippen molar-refractivity contribution in [2.24, 2.45) is 0 Å². The van der Waals surface area contributed by atoms with Gasteiger partial charge in [-0.2, -0.15) is 0 Å². The second kappa shape index (κ2) is 4.76. The molecule has 18 heavy (non-hydrogen) atoms. The summed E-state index contributed by atoms with van der Waals surface area (Å²) in [6.07, 6.45) is -0.463. The smallest absolute Gasteiger partial charge is 0.411 e. The molecule has 1 amide bonds. The summed E-state index contributed by atoms with van der Waals surface area (Å²) in [5.74, 6) is -0.543. The van der Waals surface area contributed by atoms with Crippen LogP contribution in [0.25, 0.3) is 0 Å². The summed E-state index contributed by atoms with van der Waals surface area (Å²) in [6.45, 7) is 6.86. The number of nitrogens with zero attached hydrogens (tertiary/aromatic N) is 1. The molecule has 1 saturated heterocycles. The van der Waals surface area contributed by atoms with Crippen LogP contribution in [0, 0.1) is 0 Å². The molecule has 0 aromatic heterocycles. The quantitative estimate of drug-likeness (QED) is 0.709. The van der Waals surface area contributed by atoms with Gasteiger partial charge in [0.05, 0.1) is 19.3 Å². The van der Waals surface area contributed by atoms with Crippen LogP contribution in [0.3, 0.4) is 0 Å². The monoisotopic (exact) mass is 259 g/mol. The molecule has 0 saturated carbocycles. The van der Waals surface area contributed by atoms with Crippen molar-refractivity contribution in [1.29, 1.82) is 0 Å². The van der Waals surface area contributed by atoms with E-state index in [0.717, 1.165) is 0 Å². The Bertz CT molecular complexity index is 345. The van der Waals surface area contributed by atoms with Crippen LogP contribution in [0.2, 0.25) is 0 Å². The molecule has 0 radical (unpaired) electrons. The van der Waals surface area contributed by atoms with E-state index >= 15 is 0 Å². The van der Waals surface area contributed by atoms with E-state index in [0.29, 0.717) is 0 Å². The van der Waals surface area contributed by atoms with Crippen LogP contribution in [0.1, 0.15) is 34.1 Å². The summed E-state index contributed by atoms with van der Waals surface area (Å²) in [7, 11) is 1.25. The molecule has 1 aliphatic heterocycles. The Hall–Kier alpha value is -1.30. The predicted octanol–water partition coefficient (Wildman–Crippen LogP) is 0.920. The molecule has 1 aliphatic rings. The molecule has 0 unspecified atom stereocenters. The number of carbonyl (C=O) groups excluding carboxylic acids is 2. The van der Waals surface area contributed by atoms with Crippen molar-refractivity contribution in [3.8, 4) is 0 Å². The number of likely N-dealkylation sites (tertiary alicyclic amines) is 1. The van der Waals surface area contributed by atoms with Crippen molar-refractivity contribution in [3.63, 3.8) is 0 Å². The van der Waals surface area contributed by atoms with E-state index in [1.165, 1.54) is 12.0 Å². The van der Waals surface area contributed by atoms with Gasteiger partial charge in [-0.1, -0.05) is 0 Å². The van der Waals surface area contributed by atoms with E-state index in [9.17, 15) is 14.7 Å². The lowest BCUT2D eigenvalue weighted by molar-refractivity contribution is -0.145. The Morgan fingerprint density at radius 2 is 1.94 bits per heavy atom. The number of carbonyl (C=O) groups is 2. The van der Waals surface area contributed by atoms with Crippen molar-refractivity contribution in [1.82, 2.24) is 4.90 Å². The molecule has 2 atom stereocenters. The first-order valence-corrected chi connectivity index (χ1v) is 5.85. The molecule has 104 valence electrons. The third kappa shape index (κ3) is 3.60. The van der Waals surface area contributed by atoms with Gasteiger partial charge in [-0.3, -0.25) is 4.90 Å². The van der Waals surface area contributed by atoms with E-state index < -0.39 is 29.3 Å². The predicted molar refractivity (Wildman–Crippen MR) is 64.0 cm³/mol. The minimum absolute atomic E-state index is 0.0572. The molecule has 1 fully saturated rings. The molecule has 0 bridgehead atoms. The first-order chi connectivity index (χ1) is 8.06. The van der Waals surface area contributed by atoms with Gasteiger partial charge in [-0.15, -0.1) is 0 Å². The third-order valence-electron chi connectivity index (χ3n) is 2.62. The van der Waals surface area contributed by atoms with Crippen molar-refractivity contribution in [3.05, 3.63) is 0 Å². The highest BCUT2D eigenvalue weighted by Crippen LogP contribution is 2.29. The molecule has 6 nitrogen and oxygen atoms in total. The summed E-state index contributed by atoms with van der Waals surface area (Å²) in [4.78, 5) is 24.8. The zero-order valence-electron chi connectivity index (χ0n) is 11.5. The van der Waals surface area contributed by atoms with Crippen molar-refractivity contribution >= 4 is 12.1 Å². The molecule has 6 heteroatoms. The second-order valence-corrected chi connectivity index (χ2v) is 5.85. The van der Waals surface area contributed by atoms with E-state index in [-0.39, 0.29) is 13.0 Å². The van der Waals surface area contributed by atoms with E-state index in [1.807, 2.05) is 0 Å². The number of aliphatic hydroxyl groups is 1. The van der Waals surface area contributed by atoms with Gasteiger partial charge in [0.15, 0.2) is 0 Å². The Morgan fingerprint density at radius 1 is 1.39 bits per heavy atom. The second-order valence-electron chi connectivity index (χ2n) is 5.85. The van der Waals surface area contributed by atoms with Crippen molar-refractivity contribution in [2.75, 3.05) is 13.7 Å². The van der Waals surface area contributed by atoms with Gasteiger partial charge in [0.1, 0.15) is 11.6 Å². The number of hydrogen-bond acceptors (Lipinski definition) is 5. The first-order valence-electron chi connectivity index (χ1n) is 5.85. The van der Waals surface area contributed by atoms with Gasteiger partial charge in [0.2, 0.25) is 0 Å². The molecule has 0 aliphatic carbocycles. The van der Waals surface area contributed by atoms with E-state index in [4.69, 9.17) is 4.74 Å². The number of esters is 1. The first kappa shape index (κ1) is 14.8. The number of ether oxygens (including phenoxy) is 2. The minimum Gasteiger partial charge on any atom is -0.467 e. The Morgan fingerprint density at radius 3 is 2.39 bits per heavy atom. The number of methoxy groups -OCH3 is 1. The van der Waals surface area contributed by atoms with Crippen LogP contribution in [0.5, 0.6) is 0 Å². The zero-order chi connectivity index (χ0) is 14.1. The molecular formula is C12H21NO5. The highest BCUT2D eigenvalue weighted by Gasteiger charge is 2.47. The number of rotatable bonds is 1. The highest BCUT2D eigenvalue weighted by molar-refractivity contribution is 5.82. The summed E-state index contributed by atoms with van der Waals surface area (Å²) in [5.41, 5.74) is -1.75. The van der Waals surface area contributed by atoms with Crippen LogP contribution in [0.15, 0.2) is 0 Å². The fraction of sp³-hybridized carbons (Fsp3) is 0.833. The van der Waals surface area contributed by atoms with Crippen LogP contribution < -0.4 is 0 Å². The van der Waals surface area contributed by atoms with E-state index in [1.54, 1.807) is 27.7 Å². The van der Waals surface area contributed by atoms with Gasteiger partial charge in [-0.05, 0) is 27.7 Å². The summed E-state index contributed by atoms with van der Waals surface area (Å²) < 4.78 is 9.85. The van der Waals surface area contributed by atoms with Gasteiger partial charge in [-0.25, -0.2) is 9.59 Å². The van der Waals surface area contributed by atoms with Gasteiger partial charge >= 0.3 is 12.1 Å². The van der Waals surface area contributed by atoms with E-state index in [2.05, 4.69) is 4.74 Å². The molecule has 1 heterocycles. The molecular weight excluding hydrogens is 238 g/mol. The fourth-order valence-electron chi connectivity index (χ4n) is 1.93. The van der Waals surface area contributed by atoms with Gasteiger partial charge in [0.25, 0.3) is 0 Å². The standard InChI is InChI=1S/C12H21NO5/c1-11(2,3)18-10(15)13-7-12(4,16)6-8(13)9(14)17-5/h8,16H,6-7H2,1-5H3/t8-,12-/m0/s1. The van der Waals surface area contributed by atoms with Gasteiger partial charge < -0.3 is 14.6 Å². The van der Waals surface area contributed by atoms with Crippen LogP contribution in [-0.2, 0) is 14.3 Å². The maximum Gasteiger partial charge on any atom is 0.411 e. The molecule has 0 spiro atoms. The number of amides is 1. The lowest BCUT2D eigenvalue weighted by Crippen LogP contribution is -2.44. The molecule has 1 N–H and O–H groups in total. The summed E-state index contributed by atoms with van der Waals surface area (Å²) in [6, 6.07) is -0.792. The Kier molecular flexibility index (Phi) is 3.90. The average Bonchev–Trinajstić information content (AvgIpc) is 2.51. The fourth-order valence-corrected chi connectivity index (χ4v) is 1.93. The lowest BCUT2D eigenvalue weighted by Gasteiger charge is -2.27. The van der Waals surface area contributed by atoms with Crippen LogP contribution in [0.4, 0.5) is 4.79 Å². The zero-order valence-corrected chi connectivity index (χ0v) is 11.5. The SMILES string of the molecule is COC(=O)[C@@H]1C[C@](C)(O)CN1C(=O)OC(C)(C)C. The van der Waals surface area contributed by atoms with Crippen molar-refractivity contribution in [2.45, 2.75) is 51.4 Å². The molecule has 1 rings (SSSR count). The van der Waals surface area contributed by atoms with Gasteiger partial charge in [0, 0.05) is 6.42 Å². The minimum atomic E-state index is -1.10. The largest absolute Gasteiger partial charge is 0.467 e. The van der Waals surface area contributed by atoms with Crippen LogP contribution >= 0.6 is 0 Å². The molecule has 0 aromatic rings. The van der Waals surface area contributed by atoms with Crippen molar-refractivity contribution < 1.29 is 24.2 Å². The van der Waals surface area contributed by atoms with Crippen LogP contribution in [-0.4, -0.2) is 53.0 Å². The average molecular weight is 259 g/mol. The Labute approximate surface area is 107 Å². The topological polar surface area (TPSA) is 76.1 Å². The maximum absolute atomic E-state index is 12.0. The normalized spacial score (nSPS) is 28.1. The molecule has 0 aromatic carbocycles. The highest BCUT2D eigenvalue weighted by atomic mass is 16.6.